The normalized spacial score (nSPS) is 14.0. The van der Waals surface area contributed by atoms with E-state index >= 15 is 0 Å². The second-order valence-corrected chi connectivity index (χ2v) is 11.2. The maximum Gasteiger partial charge on any atom is 0.270 e. The molecule has 0 radical (unpaired) electrons. The highest BCUT2D eigenvalue weighted by molar-refractivity contribution is 8.27. The Morgan fingerprint density at radius 2 is 1.76 bits per heavy atom. The summed E-state index contributed by atoms with van der Waals surface area (Å²) in [7, 11) is 0. The summed E-state index contributed by atoms with van der Waals surface area (Å²) in [6.45, 7) is 0.506. The first-order chi connectivity index (χ1) is 20.4. The van der Waals surface area contributed by atoms with Crippen molar-refractivity contribution >= 4 is 68.5 Å². The zero-order chi connectivity index (χ0) is 29.2. The Hall–Kier alpha value is -5.04. The highest BCUT2D eigenvalue weighted by atomic mass is 32.2. The van der Waals surface area contributed by atoms with Gasteiger partial charge in [-0.25, -0.2) is 4.39 Å². The zero-order valence-electron chi connectivity index (χ0n) is 22.0. The molecule has 204 valence electrons. The SMILES string of the molecule is N#Cc1ccccc1Cn1cc(/C=C2/SC(=S)N(c3cccc(C(=O)Nc4ccc(F)cc4)c3)C2=O)c2ccccc21. The van der Waals surface area contributed by atoms with Crippen molar-refractivity contribution in [2.24, 2.45) is 0 Å². The third-order valence-electron chi connectivity index (χ3n) is 6.85. The standard InChI is InChI=1S/C33H21FN4O2S2/c34-25-12-14-26(15-13-25)36-31(39)21-8-5-9-27(16-21)38-32(40)30(42-33(38)41)17-24-20-37(29-11-4-3-10-28(24)29)19-23-7-2-1-6-22(23)18-35/h1-17,20H,19H2,(H,36,39)/b30-17+. The van der Waals surface area contributed by atoms with Crippen molar-refractivity contribution in [3.05, 3.63) is 136 Å². The highest BCUT2D eigenvalue weighted by Crippen LogP contribution is 2.37. The topological polar surface area (TPSA) is 78.1 Å². The van der Waals surface area contributed by atoms with E-state index in [0.717, 1.165) is 22.0 Å². The van der Waals surface area contributed by atoms with Gasteiger partial charge >= 0.3 is 0 Å². The fourth-order valence-corrected chi connectivity index (χ4v) is 6.12. The van der Waals surface area contributed by atoms with E-state index in [1.54, 1.807) is 30.3 Å². The molecule has 1 aliphatic heterocycles. The molecule has 0 bridgehead atoms. The third kappa shape index (κ3) is 5.33. The maximum atomic E-state index is 13.6. The first-order valence-corrected chi connectivity index (χ1v) is 14.1. The number of halogens is 1. The average molecular weight is 589 g/mol. The number of hydrogen-bond acceptors (Lipinski definition) is 5. The number of para-hydroxylation sites is 1. The van der Waals surface area contributed by atoms with Gasteiger partial charge in [-0.15, -0.1) is 0 Å². The summed E-state index contributed by atoms with van der Waals surface area (Å²) in [6.07, 6.45) is 3.81. The summed E-state index contributed by atoms with van der Waals surface area (Å²) in [5.41, 5.74) is 4.61. The van der Waals surface area contributed by atoms with Gasteiger partial charge in [0.1, 0.15) is 5.82 Å². The largest absolute Gasteiger partial charge is 0.342 e. The minimum atomic E-state index is -0.397. The summed E-state index contributed by atoms with van der Waals surface area (Å²) in [5, 5.41) is 13.2. The minimum Gasteiger partial charge on any atom is -0.342 e. The lowest BCUT2D eigenvalue weighted by atomic mass is 10.1. The molecule has 0 aliphatic carbocycles. The van der Waals surface area contributed by atoms with Crippen molar-refractivity contribution in [3.63, 3.8) is 0 Å². The van der Waals surface area contributed by atoms with Gasteiger partial charge in [-0.3, -0.25) is 14.5 Å². The second kappa shape index (κ2) is 11.4. The van der Waals surface area contributed by atoms with E-state index in [9.17, 15) is 19.2 Å². The monoisotopic (exact) mass is 588 g/mol. The summed E-state index contributed by atoms with van der Waals surface area (Å²) in [4.78, 5) is 28.3. The Bertz CT molecular complexity index is 1960. The van der Waals surface area contributed by atoms with Gasteiger partial charge in [-0.2, -0.15) is 5.26 Å². The van der Waals surface area contributed by atoms with Gasteiger partial charge in [-0.05, 0) is 66.2 Å². The van der Waals surface area contributed by atoms with E-state index in [0.29, 0.717) is 38.3 Å². The number of anilines is 2. The number of hydrogen-bond donors (Lipinski definition) is 1. The van der Waals surface area contributed by atoms with Crippen LogP contribution >= 0.6 is 24.0 Å². The van der Waals surface area contributed by atoms with Crippen LogP contribution in [0, 0.1) is 17.1 Å². The molecule has 0 unspecified atom stereocenters. The first kappa shape index (κ1) is 27.1. The van der Waals surface area contributed by atoms with Gasteiger partial charge in [0.25, 0.3) is 11.8 Å². The number of nitrogens with zero attached hydrogens (tertiary/aromatic N) is 3. The number of benzene rings is 4. The van der Waals surface area contributed by atoms with Gasteiger partial charge < -0.3 is 9.88 Å². The van der Waals surface area contributed by atoms with Crippen LogP contribution in [0.25, 0.3) is 17.0 Å². The van der Waals surface area contributed by atoms with Gasteiger partial charge in [-0.1, -0.05) is 66.4 Å². The fourth-order valence-electron chi connectivity index (χ4n) is 4.83. The highest BCUT2D eigenvalue weighted by Gasteiger charge is 2.34. The molecular weight excluding hydrogens is 568 g/mol. The first-order valence-electron chi connectivity index (χ1n) is 12.9. The number of aromatic nitrogens is 1. The Labute approximate surface area is 250 Å². The Morgan fingerprint density at radius 3 is 2.57 bits per heavy atom. The Kier molecular flexibility index (Phi) is 7.40. The lowest BCUT2D eigenvalue weighted by Crippen LogP contribution is -2.27. The van der Waals surface area contributed by atoms with Gasteiger partial charge in [0.2, 0.25) is 0 Å². The van der Waals surface area contributed by atoms with Crippen LogP contribution in [-0.2, 0) is 11.3 Å². The van der Waals surface area contributed by atoms with Crippen molar-refractivity contribution in [2.45, 2.75) is 6.54 Å². The number of thioether (sulfide) groups is 1. The molecule has 0 spiro atoms. The van der Waals surface area contributed by atoms with Crippen LogP contribution in [0.5, 0.6) is 0 Å². The predicted molar refractivity (Wildman–Crippen MR) is 169 cm³/mol. The number of fused-ring (bicyclic) bond motifs is 1. The number of rotatable bonds is 6. The molecule has 42 heavy (non-hydrogen) atoms. The third-order valence-corrected chi connectivity index (χ3v) is 8.15. The molecule has 1 aliphatic rings. The molecule has 5 aromatic rings. The molecule has 1 aromatic heterocycles. The van der Waals surface area contributed by atoms with E-state index in [2.05, 4.69) is 16.0 Å². The quantitative estimate of drug-likeness (QED) is 0.166. The van der Waals surface area contributed by atoms with E-state index in [1.807, 2.05) is 54.7 Å². The van der Waals surface area contributed by atoms with Crippen LogP contribution in [0.15, 0.2) is 108 Å². The molecule has 0 saturated carbocycles. The summed E-state index contributed by atoms with van der Waals surface area (Å²) >= 11 is 6.79. The van der Waals surface area contributed by atoms with E-state index in [-0.39, 0.29) is 5.91 Å². The number of nitrogens with one attached hydrogen (secondary N) is 1. The summed E-state index contributed by atoms with van der Waals surface area (Å²) in [5.74, 6) is -1.07. The molecule has 0 atom stereocenters. The Balaban J connectivity index is 1.28. The van der Waals surface area contributed by atoms with Crippen molar-refractivity contribution in [1.82, 2.24) is 4.57 Å². The molecular formula is C33H21FN4O2S2. The molecule has 2 amide bonds. The van der Waals surface area contributed by atoms with Crippen LogP contribution < -0.4 is 10.2 Å². The second-order valence-electron chi connectivity index (χ2n) is 9.53. The van der Waals surface area contributed by atoms with Gasteiger partial charge in [0.05, 0.1) is 22.2 Å². The van der Waals surface area contributed by atoms with Crippen molar-refractivity contribution in [3.8, 4) is 6.07 Å². The molecule has 1 N–H and O–H groups in total. The molecule has 1 saturated heterocycles. The molecule has 9 heteroatoms. The van der Waals surface area contributed by atoms with Crippen LogP contribution in [0.4, 0.5) is 15.8 Å². The minimum absolute atomic E-state index is 0.284. The van der Waals surface area contributed by atoms with Crippen LogP contribution in [-0.4, -0.2) is 20.7 Å². The molecule has 6 nitrogen and oxygen atoms in total. The van der Waals surface area contributed by atoms with Crippen molar-refractivity contribution in [2.75, 3.05) is 10.2 Å². The van der Waals surface area contributed by atoms with E-state index < -0.39 is 11.7 Å². The number of carbonyl (C=O) groups excluding carboxylic acids is 2. The average Bonchev–Trinajstić information content (AvgIpc) is 3.49. The molecule has 2 heterocycles. The van der Waals surface area contributed by atoms with Crippen LogP contribution in [0.3, 0.4) is 0 Å². The molecule has 1 fully saturated rings. The fraction of sp³-hybridized carbons (Fsp3) is 0.0303. The molecule has 4 aromatic carbocycles. The van der Waals surface area contributed by atoms with Crippen molar-refractivity contribution in [1.29, 1.82) is 5.26 Å². The van der Waals surface area contributed by atoms with Crippen LogP contribution in [0.2, 0.25) is 0 Å². The number of nitriles is 1. The van der Waals surface area contributed by atoms with E-state index in [4.69, 9.17) is 12.2 Å². The van der Waals surface area contributed by atoms with Gasteiger partial charge in [0, 0.05) is 40.5 Å². The smallest absolute Gasteiger partial charge is 0.270 e. The van der Waals surface area contributed by atoms with Gasteiger partial charge in [0.15, 0.2) is 4.32 Å². The lowest BCUT2D eigenvalue weighted by Gasteiger charge is -2.15. The summed E-state index contributed by atoms with van der Waals surface area (Å²) < 4.78 is 15.7. The molecule has 6 rings (SSSR count). The number of thiocarbonyl (C=S) groups is 1. The lowest BCUT2D eigenvalue weighted by molar-refractivity contribution is -0.113. The van der Waals surface area contributed by atoms with E-state index in [1.165, 1.54) is 40.9 Å². The van der Waals surface area contributed by atoms with Crippen LogP contribution in [0.1, 0.15) is 27.0 Å². The van der Waals surface area contributed by atoms with Crippen molar-refractivity contribution < 1.29 is 14.0 Å². The predicted octanol–water partition coefficient (Wildman–Crippen LogP) is 7.36. The maximum absolute atomic E-state index is 13.6. The summed E-state index contributed by atoms with van der Waals surface area (Å²) in [6, 6.07) is 29.8. The Morgan fingerprint density at radius 1 is 1.00 bits per heavy atom. The number of carbonyl (C=O) groups is 2. The number of amides is 2. The zero-order valence-corrected chi connectivity index (χ0v) is 23.6.